The number of nitrogens with one attached hydrogen (secondary N) is 2. The van der Waals surface area contributed by atoms with Crippen molar-refractivity contribution < 1.29 is 17.9 Å². The normalized spacial score (nSPS) is 13.2. The molecule has 8 heteroatoms. The highest BCUT2D eigenvalue weighted by Gasteiger charge is 2.31. The van der Waals surface area contributed by atoms with Crippen molar-refractivity contribution in [1.82, 2.24) is 4.98 Å². The number of rotatable bonds is 5. The molecule has 0 bridgehead atoms. The van der Waals surface area contributed by atoms with Gasteiger partial charge in [-0.25, -0.2) is 10.8 Å². The predicted octanol–water partition coefficient (Wildman–Crippen LogP) is 1.83. The Morgan fingerprint density at radius 1 is 1.39 bits per heavy atom. The number of anilines is 2. The van der Waals surface area contributed by atoms with Crippen LogP contribution in [-0.2, 0) is 10.9 Å². The maximum absolute atomic E-state index is 12.6. The van der Waals surface area contributed by atoms with Crippen molar-refractivity contribution in [2.75, 3.05) is 24.4 Å². The zero-order chi connectivity index (χ0) is 13.8. The minimum atomic E-state index is -4.45. The zero-order valence-electron chi connectivity index (χ0n) is 10.0. The molecule has 0 aromatic carbocycles. The number of aromatic nitrogens is 1. The summed E-state index contributed by atoms with van der Waals surface area (Å²) in [5.41, 5.74) is 1.28. The second kappa shape index (κ2) is 5.87. The number of alkyl halides is 3. The molecule has 0 amide bonds. The molecule has 0 spiro atoms. The van der Waals surface area contributed by atoms with Gasteiger partial charge in [-0.15, -0.1) is 0 Å². The van der Waals surface area contributed by atoms with Crippen LogP contribution in [0.15, 0.2) is 12.1 Å². The Kier molecular flexibility index (Phi) is 4.74. The van der Waals surface area contributed by atoms with Crippen molar-refractivity contribution in [3.05, 3.63) is 17.7 Å². The molecule has 1 aromatic rings. The average Bonchev–Trinajstić information content (AvgIpc) is 2.34. The second-order valence-corrected chi connectivity index (χ2v) is 3.70. The van der Waals surface area contributed by atoms with E-state index in [4.69, 9.17) is 10.6 Å². The summed E-state index contributed by atoms with van der Waals surface area (Å²) < 4.78 is 42.8. The standard InChI is InChI=1S/C10H15F3N4O/c1-6(18-2)5-15-8-3-7(10(11,12)13)4-9(16-8)17-14/h3-4,6H,5,14H2,1-2H3,(H2,15,16,17). The Labute approximate surface area is 102 Å². The first kappa shape index (κ1) is 14.5. The smallest absolute Gasteiger partial charge is 0.380 e. The number of hydrogen-bond acceptors (Lipinski definition) is 5. The lowest BCUT2D eigenvalue weighted by molar-refractivity contribution is -0.137. The number of ether oxygens (including phenoxy) is 1. The molecule has 0 aliphatic rings. The summed E-state index contributed by atoms with van der Waals surface area (Å²) >= 11 is 0. The van der Waals surface area contributed by atoms with Crippen molar-refractivity contribution in [2.24, 2.45) is 5.84 Å². The molecule has 1 unspecified atom stereocenters. The Balaban J connectivity index is 2.91. The fourth-order valence-electron chi connectivity index (χ4n) is 1.19. The molecule has 1 rings (SSSR count). The van der Waals surface area contributed by atoms with E-state index in [2.05, 4.69) is 15.7 Å². The summed E-state index contributed by atoms with van der Waals surface area (Å²) in [6.07, 6.45) is -4.59. The highest BCUT2D eigenvalue weighted by atomic mass is 19.4. The molecule has 1 heterocycles. The molecule has 102 valence electrons. The van der Waals surface area contributed by atoms with Crippen molar-refractivity contribution in [1.29, 1.82) is 0 Å². The summed E-state index contributed by atoms with van der Waals surface area (Å²) in [5, 5.41) is 2.75. The molecule has 5 nitrogen and oxygen atoms in total. The summed E-state index contributed by atoms with van der Waals surface area (Å²) in [6, 6.07) is 1.76. The minimum absolute atomic E-state index is 0.0580. The molecule has 0 radical (unpaired) electrons. The topological polar surface area (TPSA) is 72.2 Å². The Bertz CT molecular complexity index is 397. The lowest BCUT2D eigenvalue weighted by Crippen LogP contribution is -2.20. The van der Waals surface area contributed by atoms with Crippen molar-refractivity contribution in [3.8, 4) is 0 Å². The molecule has 0 saturated carbocycles. The number of pyridine rings is 1. The molecule has 18 heavy (non-hydrogen) atoms. The van der Waals surface area contributed by atoms with Crippen LogP contribution in [0.4, 0.5) is 24.8 Å². The average molecular weight is 264 g/mol. The van der Waals surface area contributed by atoms with Gasteiger partial charge in [-0.3, -0.25) is 0 Å². The second-order valence-electron chi connectivity index (χ2n) is 3.70. The van der Waals surface area contributed by atoms with Gasteiger partial charge in [0.1, 0.15) is 11.6 Å². The number of methoxy groups -OCH3 is 1. The Morgan fingerprint density at radius 3 is 2.50 bits per heavy atom. The number of nitrogen functional groups attached to an aromatic ring is 1. The number of nitrogens with zero attached hydrogens (tertiary/aromatic N) is 1. The van der Waals surface area contributed by atoms with Crippen LogP contribution in [0.2, 0.25) is 0 Å². The fraction of sp³-hybridized carbons (Fsp3) is 0.500. The van der Waals surface area contributed by atoms with E-state index < -0.39 is 11.7 Å². The largest absolute Gasteiger partial charge is 0.416 e. The SMILES string of the molecule is COC(C)CNc1cc(C(F)(F)F)cc(NN)n1. The third-order valence-corrected chi connectivity index (χ3v) is 2.27. The van der Waals surface area contributed by atoms with E-state index in [1.165, 1.54) is 7.11 Å². The zero-order valence-corrected chi connectivity index (χ0v) is 10.0. The van der Waals surface area contributed by atoms with Crippen LogP contribution in [0.1, 0.15) is 12.5 Å². The van der Waals surface area contributed by atoms with E-state index in [1.54, 1.807) is 6.92 Å². The Hall–Kier alpha value is -1.54. The highest BCUT2D eigenvalue weighted by molar-refractivity contribution is 5.49. The maximum Gasteiger partial charge on any atom is 0.416 e. The first-order valence-corrected chi connectivity index (χ1v) is 5.19. The van der Waals surface area contributed by atoms with Crippen molar-refractivity contribution in [2.45, 2.75) is 19.2 Å². The molecule has 0 aliphatic heterocycles. The van der Waals surface area contributed by atoms with Crippen molar-refractivity contribution in [3.63, 3.8) is 0 Å². The van der Waals surface area contributed by atoms with Gasteiger partial charge in [0.2, 0.25) is 0 Å². The summed E-state index contributed by atoms with van der Waals surface area (Å²) in [7, 11) is 1.51. The van der Waals surface area contributed by atoms with E-state index in [0.717, 1.165) is 12.1 Å². The van der Waals surface area contributed by atoms with E-state index in [0.29, 0.717) is 6.54 Å². The summed E-state index contributed by atoms with van der Waals surface area (Å²) in [5.74, 6) is 5.11. The number of hydrogen-bond donors (Lipinski definition) is 3. The highest BCUT2D eigenvalue weighted by Crippen LogP contribution is 2.31. The molecule has 1 atom stereocenters. The summed E-state index contributed by atoms with van der Waals surface area (Å²) in [6.45, 7) is 2.12. The van der Waals surface area contributed by atoms with Crippen LogP contribution >= 0.6 is 0 Å². The van der Waals surface area contributed by atoms with Gasteiger partial charge in [0.15, 0.2) is 0 Å². The third-order valence-electron chi connectivity index (χ3n) is 2.27. The minimum Gasteiger partial charge on any atom is -0.380 e. The van der Waals surface area contributed by atoms with Gasteiger partial charge in [-0.1, -0.05) is 0 Å². The van der Waals surface area contributed by atoms with E-state index in [1.807, 2.05) is 0 Å². The van der Waals surface area contributed by atoms with E-state index in [9.17, 15) is 13.2 Å². The van der Waals surface area contributed by atoms with Crippen LogP contribution < -0.4 is 16.6 Å². The molecular weight excluding hydrogens is 249 g/mol. The third kappa shape index (κ3) is 4.04. The lowest BCUT2D eigenvalue weighted by Gasteiger charge is -2.14. The molecule has 4 N–H and O–H groups in total. The van der Waals surface area contributed by atoms with Gasteiger partial charge in [0.25, 0.3) is 0 Å². The van der Waals surface area contributed by atoms with Crippen LogP contribution in [-0.4, -0.2) is 24.7 Å². The van der Waals surface area contributed by atoms with Gasteiger partial charge in [-0.05, 0) is 19.1 Å². The van der Waals surface area contributed by atoms with Gasteiger partial charge in [-0.2, -0.15) is 13.2 Å². The number of hydrazine groups is 1. The Morgan fingerprint density at radius 2 is 2.00 bits per heavy atom. The van der Waals surface area contributed by atoms with Gasteiger partial charge >= 0.3 is 6.18 Å². The first-order valence-electron chi connectivity index (χ1n) is 5.19. The maximum atomic E-state index is 12.6. The molecule has 0 aliphatic carbocycles. The first-order chi connectivity index (χ1) is 8.36. The van der Waals surface area contributed by atoms with E-state index in [-0.39, 0.29) is 17.7 Å². The van der Waals surface area contributed by atoms with Crippen LogP contribution in [0.5, 0.6) is 0 Å². The van der Waals surface area contributed by atoms with Gasteiger partial charge < -0.3 is 15.5 Å². The predicted molar refractivity (Wildman–Crippen MR) is 62.0 cm³/mol. The van der Waals surface area contributed by atoms with Crippen molar-refractivity contribution >= 4 is 11.6 Å². The monoisotopic (exact) mass is 264 g/mol. The van der Waals surface area contributed by atoms with Crippen LogP contribution in [0, 0.1) is 0 Å². The van der Waals surface area contributed by atoms with Gasteiger partial charge in [0, 0.05) is 13.7 Å². The lowest BCUT2D eigenvalue weighted by atomic mass is 10.2. The van der Waals surface area contributed by atoms with Crippen LogP contribution in [0.25, 0.3) is 0 Å². The quantitative estimate of drug-likeness (QED) is 0.559. The number of halogens is 3. The fourth-order valence-corrected chi connectivity index (χ4v) is 1.19. The number of nitrogens with two attached hydrogens (primary N) is 1. The molecule has 1 aromatic heterocycles. The molecule has 0 saturated heterocycles. The van der Waals surface area contributed by atoms with Crippen LogP contribution in [0.3, 0.4) is 0 Å². The molecular formula is C10H15F3N4O. The summed E-state index contributed by atoms with van der Waals surface area (Å²) in [4.78, 5) is 3.87. The molecule has 0 fully saturated rings. The van der Waals surface area contributed by atoms with E-state index >= 15 is 0 Å². The van der Waals surface area contributed by atoms with Gasteiger partial charge in [0.05, 0.1) is 11.7 Å².